The Labute approximate surface area is 94.1 Å². The third-order valence-corrected chi connectivity index (χ3v) is 3.32. The van der Waals surface area contributed by atoms with Crippen molar-refractivity contribution in [2.24, 2.45) is 5.92 Å². The van der Waals surface area contributed by atoms with Crippen LogP contribution in [-0.4, -0.2) is 23.7 Å². The second kappa shape index (κ2) is 5.28. The van der Waals surface area contributed by atoms with E-state index in [1.54, 1.807) is 0 Å². The van der Waals surface area contributed by atoms with Gasteiger partial charge >= 0.3 is 0 Å². The quantitative estimate of drug-likeness (QED) is 0.824. The smallest absolute Gasteiger partial charge is 0.261 e. The number of aliphatic hydroxyl groups is 1. The lowest BCUT2D eigenvalue weighted by atomic mass is 10.1. The van der Waals surface area contributed by atoms with Gasteiger partial charge in [0, 0.05) is 6.54 Å². The van der Waals surface area contributed by atoms with Gasteiger partial charge in [0.25, 0.3) is 5.91 Å². The molecule has 0 bridgehead atoms. The number of thiophene rings is 1. The summed E-state index contributed by atoms with van der Waals surface area (Å²) in [5.41, 5.74) is 0.983. The third-order valence-electron chi connectivity index (χ3n) is 2.31. The van der Waals surface area contributed by atoms with E-state index in [-0.39, 0.29) is 11.8 Å². The molecule has 0 aliphatic rings. The van der Waals surface area contributed by atoms with Gasteiger partial charge < -0.3 is 10.4 Å². The molecule has 1 rings (SSSR count). The summed E-state index contributed by atoms with van der Waals surface area (Å²) in [4.78, 5) is 12.4. The summed E-state index contributed by atoms with van der Waals surface area (Å²) < 4.78 is 0. The highest BCUT2D eigenvalue weighted by molar-refractivity contribution is 7.12. The molecule has 0 radical (unpaired) electrons. The Balaban J connectivity index is 2.47. The molecule has 0 aromatic carbocycles. The molecule has 0 fully saturated rings. The number of aliphatic hydroxyl groups excluding tert-OH is 1. The van der Waals surface area contributed by atoms with Gasteiger partial charge in [0.05, 0.1) is 11.0 Å². The minimum Gasteiger partial charge on any atom is -0.391 e. The zero-order chi connectivity index (χ0) is 11.4. The molecule has 1 atom stereocenters. The van der Waals surface area contributed by atoms with Crippen LogP contribution in [0.4, 0.5) is 0 Å². The van der Waals surface area contributed by atoms with Gasteiger partial charge in [0.15, 0.2) is 0 Å². The Kier molecular flexibility index (Phi) is 4.29. The molecule has 0 aliphatic heterocycles. The summed E-state index contributed by atoms with van der Waals surface area (Å²) >= 11 is 1.42. The zero-order valence-corrected chi connectivity index (χ0v) is 10.1. The first-order valence-electron chi connectivity index (χ1n) is 5.02. The molecule has 0 saturated heterocycles. The van der Waals surface area contributed by atoms with Crippen LogP contribution in [-0.2, 0) is 0 Å². The molecule has 2 N–H and O–H groups in total. The number of aryl methyl sites for hydroxylation is 1. The second-order valence-electron chi connectivity index (χ2n) is 3.95. The molecule has 1 unspecified atom stereocenters. The summed E-state index contributed by atoms with van der Waals surface area (Å²) in [6.45, 7) is 6.07. The van der Waals surface area contributed by atoms with Gasteiger partial charge in [0.1, 0.15) is 0 Å². The van der Waals surface area contributed by atoms with E-state index in [1.165, 1.54) is 11.3 Å². The van der Waals surface area contributed by atoms with Crippen LogP contribution in [0.3, 0.4) is 0 Å². The topological polar surface area (TPSA) is 49.3 Å². The fraction of sp³-hybridized carbons (Fsp3) is 0.545. The summed E-state index contributed by atoms with van der Waals surface area (Å²) in [6, 6.07) is 1.92. The van der Waals surface area contributed by atoms with Crippen LogP contribution >= 0.6 is 11.3 Å². The Morgan fingerprint density at radius 1 is 1.60 bits per heavy atom. The van der Waals surface area contributed by atoms with Gasteiger partial charge in [-0.3, -0.25) is 4.79 Å². The van der Waals surface area contributed by atoms with Crippen molar-refractivity contribution >= 4 is 17.2 Å². The van der Waals surface area contributed by atoms with Crippen molar-refractivity contribution in [1.29, 1.82) is 0 Å². The van der Waals surface area contributed by atoms with Crippen LogP contribution < -0.4 is 5.32 Å². The molecule has 0 spiro atoms. The van der Waals surface area contributed by atoms with E-state index in [4.69, 9.17) is 0 Å². The lowest BCUT2D eigenvalue weighted by Crippen LogP contribution is -2.34. The maximum Gasteiger partial charge on any atom is 0.261 e. The predicted molar refractivity (Wildman–Crippen MR) is 62.2 cm³/mol. The van der Waals surface area contributed by atoms with Crippen molar-refractivity contribution in [3.63, 3.8) is 0 Å². The van der Waals surface area contributed by atoms with E-state index in [1.807, 2.05) is 32.2 Å². The van der Waals surface area contributed by atoms with E-state index < -0.39 is 6.10 Å². The first-order chi connectivity index (χ1) is 7.02. The average molecular weight is 227 g/mol. The Morgan fingerprint density at radius 2 is 2.27 bits per heavy atom. The number of hydrogen-bond acceptors (Lipinski definition) is 3. The van der Waals surface area contributed by atoms with Gasteiger partial charge in [-0.15, -0.1) is 11.3 Å². The largest absolute Gasteiger partial charge is 0.391 e. The van der Waals surface area contributed by atoms with E-state index in [2.05, 4.69) is 5.32 Å². The van der Waals surface area contributed by atoms with Crippen LogP contribution in [0.15, 0.2) is 11.4 Å². The Hall–Kier alpha value is -0.870. The molecule has 0 aliphatic carbocycles. The highest BCUT2D eigenvalue weighted by Crippen LogP contribution is 2.15. The van der Waals surface area contributed by atoms with Crippen molar-refractivity contribution in [2.45, 2.75) is 26.9 Å². The molecular formula is C11H17NO2S. The van der Waals surface area contributed by atoms with Crippen LogP contribution in [0.1, 0.15) is 29.1 Å². The van der Waals surface area contributed by atoms with Gasteiger partial charge in [-0.05, 0) is 29.9 Å². The summed E-state index contributed by atoms with van der Waals surface area (Å²) in [6.07, 6.45) is -0.478. The average Bonchev–Trinajstić information content (AvgIpc) is 2.60. The summed E-state index contributed by atoms with van der Waals surface area (Å²) in [5.74, 6) is 0.0666. The number of amides is 1. The molecule has 1 aromatic heterocycles. The van der Waals surface area contributed by atoms with Crippen LogP contribution in [0.2, 0.25) is 0 Å². The van der Waals surface area contributed by atoms with Gasteiger partial charge in [-0.1, -0.05) is 13.8 Å². The Bertz CT molecular complexity index is 333. The molecule has 15 heavy (non-hydrogen) atoms. The monoisotopic (exact) mass is 227 g/mol. The number of carbonyl (C=O) groups is 1. The molecule has 1 amide bonds. The normalized spacial score (nSPS) is 12.9. The minimum atomic E-state index is -0.478. The maximum absolute atomic E-state index is 11.6. The van der Waals surface area contributed by atoms with E-state index in [0.717, 1.165) is 10.4 Å². The van der Waals surface area contributed by atoms with Gasteiger partial charge in [-0.2, -0.15) is 0 Å². The molecule has 0 saturated carbocycles. The first-order valence-corrected chi connectivity index (χ1v) is 5.90. The van der Waals surface area contributed by atoms with Gasteiger partial charge in [-0.25, -0.2) is 0 Å². The summed E-state index contributed by atoms with van der Waals surface area (Å²) in [7, 11) is 0. The number of rotatable bonds is 4. The molecular weight excluding hydrogens is 210 g/mol. The van der Waals surface area contributed by atoms with Crippen molar-refractivity contribution in [1.82, 2.24) is 5.32 Å². The van der Waals surface area contributed by atoms with Crippen molar-refractivity contribution in [3.05, 3.63) is 21.9 Å². The number of carbonyl (C=O) groups excluding carboxylic acids is 1. The molecule has 4 heteroatoms. The highest BCUT2D eigenvalue weighted by atomic mass is 32.1. The zero-order valence-electron chi connectivity index (χ0n) is 9.28. The molecule has 1 heterocycles. The Morgan fingerprint density at radius 3 is 2.73 bits per heavy atom. The van der Waals surface area contributed by atoms with Crippen LogP contribution in [0, 0.1) is 12.8 Å². The van der Waals surface area contributed by atoms with Crippen molar-refractivity contribution in [2.75, 3.05) is 6.54 Å². The van der Waals surface area contributed by atoms with Crippen molar-refractivity contribution < 1.29 is 9.90 Å². The summed E-state index contributed by atoms with van der Waals surface area (Å²) in [5, 5.41) is 14.2. The minimum absolute atomic E-state index is 0.0952. The molecule has 3 nitrogen and oxygen atoms in total. The highest BCUT2D eigenvalue weighted by Gasteiger charge is 2.13. The number of nitrogens with one attached hydrogen (secondary N) is 1. The van der Waals surface area contributed by atoms with E-state index >= 15 is 0 Å². The lowest BCUT2D eigenvalue weighted by molar-refractivity contribution is 0.0875. The predicted octanol–water partition coefficient (Wildman–Crippen LogP) is 1.80. The maximum atomic E-state index is 11.6. The van der Waals surface area contributed by atoms with Crippen LogP contribution in [0.25, 0.3) is 0 Å². The second-order valence-corrected chi connectivity index (χ2v) is 4.87. The van der Waals surface area contributed by atoms with E-state index in [9.17, 15) is 9.90 Å². The fourth-order valence-corrected chi connectivity index (χ4v) is 1.96. The SMILES string of the molecule is Cc1ccsc1C(=O)NCC(O)C(C)C. The molecule has 1 aromatic rings. The van der Waals surface area contributed by atoms with Crippen molar-refractivity contribution in [3.8, 4) is 0 Å². The fourth-order valence-electron chi connectivity index (χ4n) is 1.12. The van der Waals surface area contributed by atoms with E-state index in [0.29, 0.717) is 6.54 Å². The standard InChI is InChI=1S/C11H17NO2S/c1-7(2)9(13)6-12-11(14)10-8(3)4-5-15-10/h4-5,7,9,13H,6H2,1-3H3,(H,12,14). The number of hydrogen-bond donors (Lipinski definition) is 2. The molecule has 84 valence electrons. The first kappa shape index (κ1) is 12.2. The van der Waals surface area contributed by atoms with Crippen LogP contribution in [0.5, 0.6) is 0 Å². The lowest BCUT2D eigenvalue weighted by Gasteiger charge is -2.14. The van der Waals surface area contributed by atoms with Gasteiger partial charge in [0.2, 0.25) is 0 Å². The third kappa shape index (κ3) is 3.32.